The fourth-order valence-corrected chi connectivity index (χ4v) is 4.50. The molecule has 1 aromatic carbocycles. The molecular formula is C25H28FN7O2. The van der Waals surface area contributed by atoms with Crippen molar-refractivity contribution in [3.63, 3.8) is 0 Å². The van der Waals surface area contributed by atoms with E-state index in [1.807, 2.05) is 32.2 Å². The summed E-state index contributed by atoms with van der Waals surface area (Å²) < 4.78 is 15.7. The summed E-state index contributed by atoms with van der Waals surface area (Å²) in [6, 6.07) is 9.25. The van der Waals surface area contributed by atoms with Crippen LogP contribution in [0.3, 0.4) is 0 Å². The van der Waals surface area contributed by atoms with Gasteiger partial charge in [-0.25, -0.2) is 14.4 Å². The number of nitrogens with zero attached hydrogens (tertiary/aromatic N) is 6. The lowest BCUT2D eigenvalue weighted by atomic mass is 9.94. The number of aryl methyl sites for hydroxylation is 2. The summed E-state index contributed by atoms with van der Waals surface area (Å²) >= 11 is 0. The van der Waals surface area contributed by atoms with Gasteiger partial charge >= 0.3 is 0 Å². The fourth-order valence-electron chi connectivity index (χ4n) is 4.50. The molecule has 1 saturated heterocycles. The van der Waals surface area contributed by atoms with Crippen molar-refractivity contribution in [1.29, 1.82) is 5.26 Å². The first kappa shape index (κ1) is 24.3. The van der Waals surface area contributed by atoms with Crippen LogP contribution in [-0.2, 0) is 11.8 Å². The van der Waals surface area contributed by atoms with Gasteiger partial charge in [-0.2, -0.15) is 10.4 Å². The molecule has 10 heteroatoms. The Morgan fingerprint density at radius 2 is 2.03 bits per heavy atom. The van der Waals surface area contributed by atoms with E-state index in [0.717, 1.165) is 29.0 Å². The first-order valence-electron chi connectivity index (χ1n) is 11.6. The number of anilines is 1. The molecule has 1 aliphatic rings. The topological polar surface area (TPSA) is 120 Å². The SMILES string of the molecule is Cc1cc(-c2cc(N3CCC(C(=O)N[C@@H](CCO)c4cc(F)cc(C#N)c4)CC3)ncn2)n(C)n1. The maximum absolute atomic E-state index is 13.9. The molecular weight excluding hydrogens is 449 g/mol. The third-order valence-corrected chi connectivity index (χ3v) is 6.29. The molecule has 1 fully saturated rings. The number of carbonyl (C=O) groups is 1. The van der Waals surface area contributed by atoms with Gasteiger partial charge in [-0.15, -0.1) is 0 Å². The summed E-state index contributed by atoms with van der Waals surface area (Å²) in [4.78, 5) is 24.0. The molecule has 1 amide bonds. The quantitative estimate of drug-likeness (QED) is 0.537. The van der Waals surface area contributed by atoms with Crippen molar-refractivity contribution in [2.45, 2.75) is 32.2 Å². The minimum absolute atomic E-state index is 0.139. The Bertz CT molecular complexity index is 1240. The van der Waals surface area contributed by atoms with Crippen molar-refractivity contribution >= 4 is 11.7 Å². The van der Waals surface area contributed by atoms with Crippen LogP contribution in [0.2, 0.25) is 0 Å². The second kappa shape index (κ2) is 10.6. The number of aliphatic hydroxyl groups excluding tert-OH is 1. The van der Waals surface area contributed by atoms with Crippen LogP contribution in [0, 0.1) is 30.0 Å². The molecule has 2 aromatic heterocycles. The van der Waals surface area contributed by atoms with Gasteiger partial charge in [0, 0.05) is 38.7 Å². The van der Waals surface area contributed by atoms with Crippen LogP contribution < -0.4 is 10.2 Å². The number of hydrogen-bond donors (Lipinski definition) is 2. The van der Waals surface area contributed by atoms with E-state index in [2.05, 4.69) is 25.3 Å². The Hall–Kier alpha value is -3.84. The van der Waals surface area contributed by atoms with Gasteiger partial charge in [0.1, 0.15) is 18.0 Å². The number of nitriles is 1. The number of benzene rings is 1. The molecule has 0 bridgehead atoms. The van der Waals surface area contributed by atoms with Gasteiger partial charge in [0.25, 0.3) is 0 Å². The van der Waals surface area contributed by atoms with Crippen LogP contribution in [0.4, 0.5) is 10.2 Å². The van der Waals surface area contributed by atoms with E-state index in [1.54, 1.807) is 17.1 Å². The zero-order chi connectivity index (χ0) is 24.9. The average molecular weight is 478 g/mol. The lowest BCUT2D eigenvalue weighted by Crippen LogP contribution is -2.42. The molecule has 1 aliphatic heterocycles. The van der Waals surface area contributed by atoms with Crippen molar-refractivity contribution in [3.05, 3.63) is 59.3 Å². The molecule has 0 radical (unpaired) electrons. The van der Waals surface area contributed by atoms with Gasteiger partial charge in [-0.1, -0.05) is 0 Å². The normalized spacial score (nSPS) is 15.0. The molecule has 0 spiro atoms. The Morgan fingerprint density at radius 1 is 1.26 bits per heavy atom. The lowest BCUT2D eigenvalue weighted by molar-refractivity contribution is -0.126. The summed E-state index contributed by atoms with van der Waals surface area (Å²) in [5.74, 6) is -0.0956. The van der Waals surface area contributed by atoms with Crippen LogP contribution in [-0.4, -0.2) is 50.5 Å². The van der Waals surface area contributed by atoms with E-state index in [9.17, 15) is 14.3 Å². The Morgan fingerprint density at radius 3 is 2.69 bits per heavy atom. The summed E-state index contributed by atoms with van der Waals surface area (Å²) in [5, 5.41) is 25.9. The van der Waals surface area contributed by atoms with Crippen LogP contribution in [0.1, 0.15) is 42.1 Å². The average Bonchev–Trinajstić information content (AvgIpc) is 3.21. The highest BCUT2D eigenvalue weighted by molar-refractivity contribution is 5.79. The number of piperidine rings is 1. The highest BCUT2D eigenvalue weighted by Gasteiger charge is 2.28. The second-order valence-electron chi connectivity index (χ2n) is 8.78. The minimum atomic E-state index is -0.569. The zero-order valence-electron chi connectivity index (χ0n) is 19.8. The number of amides is 1. The van der Waals surface area contributed by atoms with Crippen LogP contribution >= 0.6 is 0 Å². The predicted octanol–water partition coefficient (Wildman–Crippen LogP) is 2.65. The molecule has 0 unspecified atom stereocenters. The first-order valence-corrected chi connectivity index (χ1v) is 11.6. The van der Waals surface area contributed by atoms with Crippen molar-refractivity contribution in [3.8, 4) is 17.5 Å². The van der Waals surface area contributed by atoms with Crippen molar-refractivity contribution in [2.75, 3.05) is 24.6 Å². The van der Waals surface area contributed by atoms with Crippen LogP contribution in [0.15, 0.2) is 36.7 Å². The molecule has 0 saturated carbocycles. The molecule has 9 nitrogen and oxygen atoms in total. The van der Waals surface area contributed by atoms with E-state index in [-0.39, 0.29) is 30.4 Å². The number of nitrogens with one attached hydrogen (secondary N) is 1. The predicted molar refractivity (Wildman–Crippen MR) is 128 cm³/mol. The second-order valence-corrected chi connectivity index (χ2v) is 8.78. The maximum atomic E-state index is 13.9. The molecule has 0 aliphatic carbocycles. The third-order valence-electron chi connectivity index (χ3n) is 6.29. The smallest absolute Gasteiger partial charge is 0.223 e. The number of halogens is 1. The largest absolute Gasteiger partial charge is 0.396 e. The number of aliphatic hydroxyl groups is 1. The van der Waals surface area contributed by atoms with E-state index < -0.39 is 11.9 Å². The summed E-state index contributed by atoms with van der Waals surface area (Å²) in [6.07, 6.45) is 3.04. The molecule has 3 heterocycles. The van der Waals surface area contributed by atoms with Crippen molar-refractivity contribution in [1.82, 2.24) is 25.1 Å². The number of aromatic nitrogens is 4. The summed E-state index contributed by atoms with van der Waals surface area (Å²) in [7, 11) is 1.88. The number of hydrogen-bond acceptors (Lipinski definition) is 7. The summed E-state index contributed by atoms with van der Waals surface area (Å²) in [5.41, 5.74) is 3.26. The van der Waals surface area contributed by atoms with E-state index in [4.69, 9.17) is 5.26 Å². The summed E-state index contributed by atoms with van der Waals surface area (Å²) in [6.45, 7) is 3.07. The molecule has 1 atom stereocenters. The van der Waals surface area contributed by atoms with E-state index >= 15 is 0 Å². The van der Waals surface area contributed by atoms with E-state index in [1.165, 1.54) is 6.07 Å². The molecule has 35 heavy (non-hydrogen) atoms. The highest BCUT2D eigenvalue weighted by Crippen LogP contribution is 2.27. The number of carbonyl (C=O) groups excluding carboxylic acids is 1. The minimum Gasteiger partial charge on any atom is -0.396 e. The van der Waals surface area contributed by atoms with Gasteiger partial charge < -0.3 is 15.3 Å². The van der Waals surface area contributed by atoms with Gasteiger partial charge in [-0.3, -0.25) is 9.48 Å². The Balaban J connectivity index is 1.41. The first-order chi connectivity index (χ1) is 16.9. The van der Waals surface area contributed by atoms with Crippen molar-refractivity contribution in [2.24, 2.45) is 13.0 Å². The molecule has 2 N–H and O–H groups in total. The lowest BCUT2D eigenvalue weighted by Gasteiger charge is -2.33. The highest BCUT2D eigenvalue weighted by atomic mass is 19.1. The molecule has 4 rings (SSSR count). The van der Waals surface area contributed by atoms with Gasteiger partial charge in [0.15, 0.2) is 0 Å². The zero-order valence-corrected chi connectivity index (χ0v) is 19.8. The van der Waals surface area contributed by atoms with Crippen LogP contribution in [0.25, 0.3) is 11.4 Å². The monoisotopic (exact) mass is 477 g/mol. The van der Waals surface area contributed by atoms with E-state index in [0.29, 0.717) is 31.5 Å². The molecule has 182 valence electrons. The Labute approximate surface area is 203 Å². The standard InChI is InChI=1S/C25H28FN7O2/c1-16-9-23(32(2)31-16)22-13-24(29-15-28-22)33-6-3-18(4-7-33)25(35)30-21(5-8-34)19-10-17(14-27)11-20(26)12-19/h9-13,15,18,21,34H,3-8H2,1-2H3,(H,30,35)/t21-/m0/s1. The number of rotatable bonds is 7. The third kappa shape index (κ3) is 5.63. The van der Waals surface area contributed by atoms with Gasteiger partial charge in [0.2, 0.25) is 5.91 Å². The fraction of sp³-hybridized carbons (Fsp3) is 0.400. The molecule has 3 aromatic rings. The van der Waals surface area contributed by atoms with Gasteiger partial charge in [0.05, 0.1) is 34.8 Å². The maximum Gasteiger partial charge on any atom is 0.223 e. The van der Waals surface area contributed by atoms with Gasteiger partial charge in [-0.05, 0) is 56.0 Å². The Kier molecular flexibility index (Phi) is 7.36. The van der Waals surface area contributed by atoms with Crippen LogP contribution in [0.5, 0.6) is 0 Å². The van der Waals surface area contributed by atoms with Crippen molar-refractivity contribution < 1.29 is 14.3 Å².